The number of hydrogen-bond donors (Lipinski definition) is 1. The number of hydrogen-bond acceptors (Lipinski definition) is 3. The summed E-state index contributed by atoms with van der Waals surface area (Å²) in [7, 11) is 0. The van der Waals surface area contributed by atoms with Crippen molar-refractivity contribution in [3.63, 3.8) is 0 Å². The molecule has 0 radical (unpaired) electrons. The summed E-state index contributed by atoms with van der Waals surface area (Å²) in [6.07, 6.45) is 1.49. The zero-order chi connectivity index (χ0) is 12.3. The van der Waals surface area contributed by atoms with E-state index in [1.54, 1.807) is 18.2 Å². The van der Waals surface area contributed by atoms with Gasteiger partial charge in [-0.1, -0.05) is 29.8 Å². The first kappa shape index (κ1) is 11.5. The fourth-order valence-corrected chi connectivity index (χ4v) is 1.53. The average Bonchev–Trinajstić information content (AvgIpc) is 2.29. The number of halogens is 1. The lowest BCUT2D eigenvalue weighted by Crippen LogP contribution is -2.15. The molecule has 2 aromatic rings. The molecule has 1 aromatic carbocycles. The molecule has 0 aliphatic rings. The van der Waals surface area contributed by atoms with Gasteiger partial charge in [-0.2, -0.15) is 0 Å². The Morgan fingerprint density at radius 1 is 1.29 bits per heavy atom. The van der Waals surface area contributed by atoms with Gasteiger partial charge in [0.25, 0.3) is 5.91 Å². The van der Waals surface area contributed by atoms with Crippen LogP contribution in [0.3, 0.4) is 0 Å². The van der Waals surface area contributed by atoms with E-state index in [0.29, 0.717) is 10.7 Å². The minimum Gasteiger partial charge on any atom is -0.290 e. The van der Waals surface area contributed by atoms with E-state index < -0.39 is 0 Å². The van der Waals surface area contributed by atoms with Crippen LogP contribution in [0.4, 0.5) is 5.95 Å². The Hall–Kier alpha value is -1.94. The maximum Gasteiger partial charge on any atom is 0.258 e. The highest BCUT2D eigenvalue weighted by Crippen LogP contribution is 2.10. The van der Waals surface area contributed by atoms with Crippen LogP contribution in [0.15, 0.2) is 36.5 Å². The van der Waals surface area contributed by atoms with Crippen molar-refractivity contribution in [3.8, 4) is 0 Å². The van der Waals surface area contributed by atoms with Crippen molar-refractivity contribution >= 4 is 23.5 Å². The zero-order valence-corrected chi connectivity index (χ0v) is 9.90. The quantitative estimate of drug-likeness (QED) is 0.830. The molecule has 2 rings (SSSR count). The lowest BCUT2D eigenvalue weighted by atomic mass is 10.1. The summed E-state index contributed by atoms with van der Waals surface area (Å²) >= 11 is 5.70. The normalized spacial score (nSPS) is 10.0. The molecule has 0 atom stereocenters. The fourth-order valence-electron chi connectivity index (χ4n) is 1.39. The summed E-state index contributed by atoms with van der Waals surface area (Å²) in [5.74, 6) is -0.0453. The highest BCUT2D eigenvalue weighted by molar-refractivity contribution is 6.29. The largest absolute Gasteiger partial charge is 0.290 e. The van der Waals surface area contributed by atoms with Crippen LogP contribution in [0.2, 0.25) is 5.15 Å². The summed E-state index contributed by atoms with van der Waals surface area (Å²) in [6, 6.07) is 8.84. The van der Waals surface area contributed by atoms with Gasteiger partial charge in [0.05, 0.1) is 0 Å². The molecule has 1 heterocycles. The number of carbonyl (C=O) groups is 1. The van der Waals surface area contributed by atoms with Crippen molar-refractivity contribution < 1.29 is 4.79 Å². The number of nitrogens with zero attached hydrogens (tertiary/aromatic N) is 2. The van der Waals surface area contributed by atoms with Gasteiger partial charge >= 0.3 is 0 Å². The maximum atomic E-state index is 11.9. The molecule has 0 saturated heterocycles. The van der Waals surface area contributed by atoms with Gasteiger partial charge in [0.15, 0.2) is 0 Å². The summed E-state index contributed by atoms with van der Waals surface area (Å²) in [4.78, 5) is 19.7. The van der Waals surface area contributed by atoms with E-state index in [2.05, 4.69) is 15.3 Å². The van der Waals surface area contributed by atoms with E-state index in [4.69, 9.17) is 11.6 Å². The van der Waals surface area contributed by atoms with Gasteiger partial charge in [0, 0.05) is 11.8 Å². The van der Waals surface area contributed by atoms with Crippen molar-refractivity contribution in [2.45, 2.75) is 6.92 Å². The van der Waals surface area contributed by atoms with Crippen molar-refractivity contribution in [2.75, 3.05) is 5.32 Å². The van der Waals surface area contributed by atoms with Gasteiger partial charge in [-0.15, -0.1) is 0 Å². The fraction of sp³-hybridized carbons (Fsp3) is 0.0833. The summed E-state index contributed by atoms with van der Waals surface area (Å²) in [6.45, 7) is 1.87. The van der Waals surface area contributed by atoms with Crippen molar-refractivity contribution in [2.24, 2.45) is 0 Å². The maximum absolute atomic E-state index is 11.9. The van der Waals surface area contributed by atoms with Crippen LogP contribution in [-0.2, 0) is 0 Å². The average molecular weight is 248 g/mol. The van der Waals surface area contributed by atoms with Crippen molar-refractivity contribution in [1.29, 1.82) is 0 Å². The van der Waals surface area contributed by atoms with E-state index in [1.165, 1.54) is 6.20 Å². The van der Waals surface area contributed by atoms with E-state index in [-0.39, 0.29) is 11.9 Å². The zero-order valence-electron chi connectivity index (χ0n) is 9.14. The third-order valence-electron chi connectivity index (χ3n) is 2.24. The standard InChI is InChI=1S/C12H10ClN3O/c1-8-4-2-3-5-9(8)11(17)16-12-14-7-6-10(13)15-12/h2-7H,1H3,(H,14,15,16,17). The number of benzene rings is 1. The lowest BCUT2D eigenvalue weighted by Gasteiger charge is -2.05. The highest BCUT2D eigenvalue weighted by atomic mass is 35.5. The smallest absolute Gasteiger partial charge is 0.258 e. The van der Waals surface area contributed by atoms with Gasteiger partial charge in [0.1, 0.15) is 5.15 Å². The van der Waals surface area contributed by atoms with E-state index >= 15 is 0 Å². The van der Waals surface area contributed by atoms with Crippen LogP contribution in [0, 0.1) is 6.92 Å². The summed E-state index contributed by atoms with van der Waals surface area (Å²) in [5, 5.41) is 2.89. The number of amides is 1. The van der Waals surface area contributed by atoms with E-state index in [9.17, 15) is 4.79 Å². The Morgan fingerprint density at radius 2 is 2.06 bits per heavy atom. The monoisotopic (exact) mass is 247 g/mol. The molecule has 1 N–H and O–H groups in total. The van der Waals surface area contributed by atoms with Crippen LogP contribution < -0.4 is 5.32 Å². The minimum absolute atomic E-state index is 0.200. The number of carbonyl (C=O) groups excluding carboxylic acids is 1. The topological polar surface area (TPSA) is 54.9 Å². The minimum atomic E-state index is -0.245. The Labute approximate surface area is 104 Å². The molecule has 0 bridgehead atoms. The highest BCUT2D eigenvalue weighted by Gasteiger charge is 2.09. The van der Waals surface area contributed by atoms with Crippen LogP contribution >= 0.6 is 11.6 Å². The Bertz CT molecular complexity index is 557. The Balaban J connectivity index is 2.20. The first-order chi connectivity index (χ1) is 8.16. The predicted molar refractivity (Wildman–Crippen MR) is 66.2 cm³/mol. The van der Waals surface area contributed by atoms with Crippen LogP contribution in [0.5, 0.6) is 0 Å². The molecule has 5 heteroatoms. The number of nitrogens with one attached hydrogen (secondary N) is 1. The molecule has 0 unspecified atom stereocenters. The number of anilines is 1. The van der Waals surface area contributed by atoms with Gasteiger partial charge < -0.3 is 0 Å². The van der Waals surface area contributed by atoms with Crippen LogP contribution in [-0.4, -0.2) is 15.9 Å². The van der Waals surface area contributed by atoms with Crippen molar-refractivity contribution in [3.05, 3.63) is 52.8 Å². The molecular formula is C12H10ClN3O. The third-order valence-corrected chi connectivity index (χ3v) is 2.45. The van der Waals surface area contributed by atoms with Crippen LogP contribution in [0.1, 0.15) is 15.9 Å². The molecular weight excluding hydrogens is 238 g/mol. The molecule has 86 valence electrons. The third kappa shape index (κ3) is 2.79. The summed E-state index contributed by atoms with van der Waals surface area (Å²) < 4.78 is 0. The van der Waals surface area contributed by atoms with Gasteiger partial charge in [-0.25, -0.2) is 9.97 Å². The number of aryl methyl sites for hydroxylation is 1. The van der Waals surface area contributed by atoms with Gasteiger partial charge in [-0.3, -0.25) is 10.1 Å². The molecule has 0 aliphatic carbocycles. The second kappa shape index (κ2) is 4.93. The predicted octanol–water partition coefficient (Wildman–Crippen LogP) is 2.69. The van der Waals surface area contributed by atoms with E-state index in [0.717, 1.165) is 5.56 Å². The number of rotatable bonds is 2. The Kier molecular flexibility index (Phi) is 3.35. The van der Waals surface area contributed by atoms with E-state index in [1.807, 2.05) is 19.1 Å². The molecule has 0 fully saturated rings. The van der Waals surface area contributed by atoms with Crippen LogP contribution in [0.25, 0.3) is 0 Å². The Morgan fingerprint density at radius 3 is 2.76 bits per heavy atom. The first-order valence-electron chi connectivity index (χ1n) is 5.02. The first-order valence-corrected chi connectivity index (χ1v) is 5.40. The summed E-state index contributed by atoms with van der Waals surface area (Å²) in [5.41, 5.74) is 1.49. The molecule has 0 saturated carbocycles. The molecule has 1 amide bonds. The lowest BCUT2D eigenvalue weighted by molar-refractivity contribution is 0.102. The van der Waals surface area contributed by atoms with Gasteiger partial charge in [0.2, 0.25) is 5.95 Å². The molecule has 0 spiro atoms. The SMILES string of the molecule is Cc1ccccc1C(=O)Nc1nccc(Cl)n1. The molecule has 17 heavy (non-hydrogen) atoms. The second-order valence-corrected chi connectivity index (χ2v) is 3.86. The second-order valence-electron chi connectivity index (χ2n) is 3.47. The van der Waals surface area contributed by atoms with Gasteiger partial charge in [-0.05, 0) is 24.6 Å². The molecule has 4 nitrogen and oxygen atoms in total. The number of aromatic nitrogens is 2. The molecule has 0 aliphatic heterocycles. The molecule has 1 aromatic heterocycles. The van der Waals surface area contributed by atoms with Crippen molar-refractivity contribution in [1.82, 2.24) is 9.97 Å².